The van der Waals surface area contributed by atoms with Gasteiger partial charge in [0.05, 0.1) is 18.6 Å². The lowest BCUT2D eigenvalue weighted by molar-refractivity contribution is -0.116. The lowest BCUT2D eigenvalue weighted by atomic mass is 10.2. The largest absolute Gasteiger partial charge is 0.461 e. The molecule has 5 N–H and O–H groups in total. The number of nitrogens with two attached hydrogens (primary N) is 2. The third-order valence-corrected chi connectivity index (χ3v) is 6.17. The first-order valence-corrected chi connectivity index (χ1v) is 12.1. The molecule has 36 heavy (non-hydrogen) atoms. The minimum Gasteiger partial charge on any atom is -0.461 e. The van der Waals surface area contributed by atoms with Gasteiger partial charge in [0.1, 0.15) is 5.82 Å². The van der Waals surface area contributed by atoms with Crippen molar-refractivity contribution in [3.63, 3.8) is 0 Å². The summed E-state index contributed by atoms with van der Waals surface area (Å²) in [7, 11) is 0. The predicted molar refractivity (Wildman–Crippen MR) is 137 cm³/mol. The van der Waals surface area contributed by atoms with Crippen LogP contribution < -0.4 is 27.7 Å². The molecule has 0 saturated carbocycles. The first-order chi connectivity index (χ1) is 17.3. The number of benzene rings is 1. The van der Waals surface area contributed by atoms with Gasteiger partial charge in [-0.25, -0.2) is 9.47 Å². The molecular formula is C23H26N8O4S. The predicted octanol–water partition coefficient (Wildman–Crippen LogP) is 1.51. The van der Waals surface area contributed by atoms with E-state index in [2.05, 4.69) is 15.2 Å². The zero-order valence-electron chi connectivity index (χ0n) is 19.7. The monoisotopic (exact) mass is 510 g/mol. The summed E-state index contributed by atoms with van der Waals surface area (Å²) in [6, 6.07) is 12.6. The summed E-state index contributed by atoms with van der Waals surface area (Å²) >= 11 is 1.05. The number of hydrogen-bond acceptors (Lipinski definition) is 9. The smallest absolute Gasteiger partial charge is 0.330 e. The molecule has 0 radical (unpaired) electrons. The average Bonchev–Trinajstić information content (AvgIpc) is 3.49. The molecule has 0 unspecified atom stereocenters. The van der Waals surface area contributed by atoms with E-state index in [9.17, 15) is 14.4 Å². The number of furan rings is 1. The number of anilines is 2. The third kappa shape index (κ3) is 5.20. The molecule has 1 amide bonds. The van der Waals surface area contributed by atoms with Crippen molar-refractivity contribution in [3.8, 4) is 11.6 Å². The van der Waals surface area contributed by atoms with Crippen LogP contribution >= 0.6 is 11.8 Å². The van der Waals surface area contributed by atoms with Crippen molar-refractivity contribution in [2.75, 3.05) is 28.8 Å². The fourth-order valence-corrected chi connectivity index (χ4v) is 4.33. The molecule has 0 spiro atoms. The summed E-state index contributed by atoms with van der Waals surface area (Å²) in [5.41, 5.74) is 5.68. The zero-order valence-corrected chi connectivity index (χ0v) is 20.6. The van der Waals surface area contributed by atoms with Crippen LogP contribution in [0.4, 0.5) is 11.5 Å². The number of rotatable bonds is 9. The molecular weight excluding hydrogens is 484 g/mol. The molecule has 0 saturated heterocycles. The van der Waals surface area contributed by atoms with E-state index >= 15 is 0 Å². The molecule has 0 fully saturated rings. The molecule has 3 aromatic heterocycles. The maximum atomic E-state index is 13.4. The first kappa shape index (κ1) is 24.9. The molecule has 1 aromatic carbocycles. The van der Waals surface area contributed by atoms with Crippen LogP contribution in [0.3, 0.4) is 0 Å². The summed E-state index contributed by atoms with van der Waals surface area (Å²) in [6.45, 7) is 4.16. The quantitative estimate of drug-likeness (QED) is 0.223. The molecule has 4 rings (SSSR count). The van der Waals surface area contributed by atoms with E-state index in [0.29, 0.717) is 11.6 Å². The topological polar surface area (TPSA) is 171 Å². The Morgan fingerprint density at radius 2 is 1.92 bits per heavy atom. The Bertz CT molecular complexity index is 1460. The first-order valence-electron chi connectivity index (χ1n) is 11.1. The fourth-order valence-electron chi connectivity index (χ4n) is 3.60. The van der Waals surface area contributed by atoms with Crippen LogP contribution in [-0.4, -0.2) is 42.6 Å². The number of hydrogen-bond donors (Lipinski definition) is 3. The van der Waals surface area contributed by atoms with Crippen molar-refractivity contribution >= 4 is 29.2 Å². The van der Waals surface area contributed by atoms with E-state index < -0.39 is 17.2 Å². The Morgan fingerprint density at radius 1 is 1.17 bits per heavy atom. The van der Waals surface area contributed by atoms with Crippen molar-refractivity contribution in [2.45, 2.75) is 25.5 Å². The molecule has 0 aliphatic heterocycles. The summed E-state index contributed by atoms with van der Waals surface area (Å²) in [4.78, 5) is 42.4. The Kier molecular flexibility index (Phi) is 7.29. The lowest BCUT2D eigenvalue weighted by Gasteiger charge is -2.26. The van der Waals surface area contributed by atoms with Crippen LogP contribution in [0.1, 0.15) is 19.4 Å². The van der Waals surface area contributed by atoms with Gasteiger partial charge in [0.25, 0.3) is 5.56 Å². The summed E-state index contributed by atoms with van der Waals surface area (Å²) in [6.07, 6.45) is 1.49. The molecule has 0 atom stereocenters. The van der Waals surface area contributed by atoms with Crippen molar-refractivity contribution in [3.05, 3.63) is 75.1 Å². The molecule has 3 heterocycles. The van der Waals surface area contributed by atoms with Gasteiger partial charge in [0.15, 0.2) is 11.4 Å². The standard InChI is InChI=1S/C23H26N8O4S/c1-14(2)11-29(17(32)13-36-23-28-27-20(31(23)25)16-9-6-10-35-16)18-19(24)30(22(34)26-21(18)33)12-15-7-4-3-5-8-15/h3-10,14H,11-13,24-25H2,1-2H3,(H,26,33,34). The van der Waals surface area contributed by atoms with Gasteiger partial charge < -0.3 is 20.9 Å². The second kappa shape index (κ2) is 10.6. The van der Waals surface area contributed by atoms with Crippen LogP contribution in [0.2, 0.25) is 0 Å². The normalized spacial score (nSPS) is 11.2. The maximum absolute atomic E-state index is 13.4. The van der Waals surface area contributed by atoms with Gasteiger partial charge in [-0.05, 0) is 23.6 Å². The van der Waals surface area contributed by atoms with Crippen LogP contribution in [0.15, 0.2) is 67.9 Å². The van der Waals surface area contributed by atoms with Gasteiger partial charge in [-0.1, -0.05) is 55.9 Å². The van der Waals surface area contributed by atoms with E-state index in [-0.39, 0.29) is 41.4 Å². The molecule has 0 aliphatic rings. The number of aromatic nitrogens is 5. The number of thioether (sulfide) groups is 1. The fraction of sp³-hybridized carbons (Fsp3) is 0.261. The average molecular weight is 511 g/mol. The number of H-pyrrole nitrogens is 1. The number of amides is 1. The van der Waals surface area contributed by atoms with Gasteiger partial charge in [-0.3, -0.25) is 19.1 Å². The molecule has 12 nitrogen and oxygen atoms in total. The molecule has 0 bridgehead atoms. The third-order valence-electron chi connectivity index (χ3n) is 5.25. The Balaban J connectivity index is 1.62. The Morgan fingerprint density at radius 3 is 2.58 bits per heavy atom. The van der Waals surface area contributed by atoms with Crippen LogP contribution in [-0.2, 0) is 11.3 Å². The minimum absolute atomic E-state index is 0.0102. The van der Waals surface area contributed by atoms with E-state index in [1.807, 2.05) is 44.2 Å². The Labute approximate surface area is 209 Å². The number of carbonyl (C=O) groups excluding carboxylic acids is 1. The summed E-state index contributed by atoms with van der Waals surface area (Å²) in [5.74, 6) is 6.24. The van der Waals surface area contributed by atoms with E-state index in [4.69, 9.17) is 16.0 Å². The summed E-state index contributed by atoms with van der Waals surface area (Å²) in [5, 5.41) is 8.33. The highest BCUT2D eigenvalue weighted by molar-refractivity contribution is 7.99. The number of aromatic amines is 1. The van der Waals surface area contributed by atoms with Gasteiger partial charge in [0.2, 0.25) is 16.9 Å². The van der Waals surface area contributed by atoms with Gasteiger partial charge in [0, 0.05) is 6.54 Å². The number of carbonyl (C=O) groups is 1. The van der Waals surface area contributed by atoms with Gasteiger partial charge in [-0.2, -0.15) is 0 Å². The van der Waals surface area contributed by atoms with Crippen molar-refractivity contribution < 1.29 is 9.21 Å². The van der Waals surface area contributed by atoms with Crippen LogP contribution in [0, 0.1) is 5.92 Å². The highest BCUT2D eigenvalue weighted by atomic mass is 32.2. The van der Waals surface area contributed by atoms with Crippen molar-refractivity contribution in [2.24, 2.45) is 5.92 Å². The highest BCUT2D eigenvalue weighted by Gasteiger charge is 2.26. The van der Waals surface area contributed by atoms with Crippen molar-refractivity contribution in [1.82, 2.24) is 24.4 Å². The Hall–Kier alpha value is -4.26. The maximum Gasteiger partial charge on any atom is 0.330 e. The lowest BCUT2D eigenvalue weighted by Crippen LogP contribution is -2.43. The highest BCUT2D eigenvalue weighted by Crippen LogP contribution is 2.24. The van der Waals surface area contributed by atoms with E-state index in [1.165, 1.54) is 20.4 Å². The molecule has 0 aliphatic carbocycles. The van der Waals surface area contributed by atoms with Gasteiger partial charge >= 0.3 is 5.69 Å². The minimum atomic E-state index is -0.733. The molecule has 188 valence electrons. The van der Waals surface area contributed by atoms with Crippen molar-refractivity contribution in [1.29, 1.82) is 0 Å². The van der Waals surface area contributed by atoms with Crippen LogP contribution in [0.25, 0.3) is 11.6 Å². The van der Waals surface area contributed by atoms with Gasteiger partial charge in [-0.15, -0.1) is 10.2 Å². The van der Waals surface area contributed by atoms with Crippen LogP contribution in [0.5, 0.6) is 0 Å². The number of nitrogen functional groups attached to an aromatic ring is 2. The second-order valence-electron chi connectivity index (χ2n) is 8.41. The zero-order chi connectivity index (χ0) is 25.8. The number of nitrogens with one attached hydrogen (secondary N) is 1. The molecule has 4 aromatic rings. The van der Waals surface area contributed by atoms with E-state index in [1.54, 1.807) is 12.1 Å². The SMILES string of the molecule is CC(C)CN(C(=O)CSc1nnc(-c2ccco2)n1N)c1c(N)n(Cc2ccccc2)c(=O)[nH]c1=O. The number of nitrogens with zero attached hydrogens (tertiary/aromatic N) is 5. The summed E-state index contributed by atoms with van der Waals surface area (Å²) < 4.78 is 7.77. The molecule has 13 heteroatoms. The second-order valence-corrected chi connectivity index (χ2v) is 9.35. The van der Waals surface area contributed by atoms with E-state index in [0.717, 1.165) is 17.3 Å².